The highest BCUT2D eigenvalue weighted by Crippen LogP contribution is 2.40. The lowest BCUT2D eigenvalue weighted by Gasteiger charge is -2.18. The Bertz CT molecular complexity index is 1670. The standard InChI is InChI=1S/C61H92O5/c1-4-7-10-13-16-19-22-25-28-31-48-64-58-51-57(45-44-55-38-36-53(37-39-55)34-35-54-40-42-56(43-41-54)46-47-60(62)63)52-59(65-49-32-29-26-23-20-17-14-11-8-5-2)61(58)66-50-33-30-27-24-21-18-15-12-9-6-3/h34-47,51-52H,4-33,48-50H2,1-3H3,(H,62,63)/b35-34+,45-44+,47-46+. The summed E-state index contributed by atoms with van der Waals surface area (Å²) in [6, 6.07) is 20.7. The Morgan fingerprint density at radius 2 is 0.621 bits per heavy atom. The van der Waals surface area contributed by atoms with Gasteiger partial charge < -0.3 is 19.3 Å². The van der Waals surface area contributed by atoms with Gasteiger partial charge in [0.2, 0.25) is 5.75 Å². The molecule has 1 N–H and O–H groups in total. The van der Waals surface area contributed by atoms with E-state index in [1.165, 1.54) is 173 Å². The number of carboxylic acid groups (broad SMARTS) is 1. The monoisotopic (exact) mass is 905 g/mol. The molecule has 0 aliphatic carbocycles. The molecule has 0 aliphatic heterocycles. The fourth-order valence-corrected chi connectivity index (χ4v) is 8.35. The van der Waals surface area contributed by atoms with Crippen molar-refractivity contribution in [2.45, 2.75) is 213 Å². The van der Waals surface area contributed by atoms with E-state index in [-0.39, 0.29) is 0 Å². The molecule has 3 aromatic rings. The second kappa shape index (κ2) is 38.8. The molecule has 0 saturated heterocycles. The van der Waals surface area contributed by atoms with Crippen LogP contribution in [0.2, 0.25) is 0 Å². The molecule has 0 aromatic heterocycles. The number of rotatable bonds is 42. The summed E-state index contributed by atoms with van der Waals surface area (Å²) < 4.78 is 19.9. The molecule has 3 aromatic carbocycles. The van der Waals surface area contributed by atoms with Crippen LogP contribution >= 0.6 is 0 Å². The zero-order valence-electron chi connectivity index (χ0n) is 42.2. The molecular formula is C61H92O5. The predicted octanol–water partition coefficient (Wildman–Crippen LogP) is 19.0. The van der Waals surface area contributed by atoms with Gasteiger partial charge in [0.25, 0.3) is 0 Å². The Hall–Kier alpha value is -4.25. The van der Waals surface area contributed by atoms with Crippen molar-refractivity contribution >= 4 is 36.3 Å². The molecular weight excluding hydrogens is 813 g/mol. The minimum atomic E-state index is -0.947. The summed E-state index contributed by atoms with van der Waals surface area (Å²) >= 11 is 0. The summed E-state index contributed by atoms with van der Waals surface area (Å²) in [5.41, 5.74) is 5.18. The second-order valence-corrected chi connectivity index (χ2v) is 18.6. The average Bonchev–Trinajstić information content (AvgIpc) is 3.33. The first-order valence-corrected chi connectivity index (χ1v) is 27.1. The average molecular weight is 905 g/mol. The van der Waals surface area contributed by atoms with Crippen LogP contribution in [0.25, 0.3) is 30.4 Å². The lowest BCUT2D eigenvalue weighted by molar-refractivity contribution is -0.131. The molecule has 0 saturated carbocycles. The molecule has 366 valence electrons. The summed E-state index contributed by atoms with van der Waals surface area (Å²) in [7, 11) is 0. The van der Waals surface area contributed by atoms with Crippen LogP contribution in [0.3, 0.4) is 0 Å². The number of unbranched alkanes of at least 4 members (excludes halogenated alkanes) is 27. The SMILES string of the molecule is CCCCCCCCCCCCOc1cc(/C=C/c2ccc(/C=C/c3ccc(/C=C/C(=O)O)cc3)cc2)cc(OCCCCCCCCCCCC)c1OCCCCCCCCCCCC. The van der Waals surface area contributed by atoms with Crippen molar-refractivity contribution in [1.29, 1.82) is 0 Å². The van der Waals surface area contributed by atoms with Gasteiger partial charge in [-0.15, -0.1) is 0 Å². The first-order valence-electron chi connectivity index (χ1n) is 27.1. The van der Waals surface area contributed by atoms with Gasteiger partial charge in [0, 0.05) is 6.08 Å². The molecule has 5 nitrogen and oxygen atoms in total. The fraction of sp³-hybridized carbons (Fsp3) is 0.590. The summed E-state index contributed by atoms with van der Waals surface area (Å²) in [6.07, 6.45) is 50.2. The van der Waals surface area contributed by atoms with E-state index in [0.717, 1.165) is 70.4 Å². The van der Waals surface area contributed by atoms with E-state index in [2.05, 4.69) is 81.5 Å². The molecule has 0 aliphatic rings. The third-order valence-electron chi connectivity index (χ3n) is 12.5. The minimum Gasteiger partial charge on any atom is -0.490 e. The first kappa shape index (κ1) is 56.1. The maximum Gasteiger partial charge on any atom is 0.328 e. The largest absolute Gasteiger partial charge is 0.490 e. The van der Waals surface area contributed by atoms with E-state index in [1.807, 2.05) is 24.3 Å². The van der Waals surface area contributed by atoms with E-state index < -0.39 is 5.97 Å². The number of aliphatic carboxylic acids is 1. The summed E-state index contributed by atoms with van der Waals surface area (Å²) in [5.74, 6) is 1.41. The quantitative estimate of drug-likeness (QED) is 0.0349. The Balaban J connectivity index is 1.69. The molecule has 0 fully saturated rings. The Morgan fingerprint density at radius 3 is 0.924 bits per heavy atom. The van der Waals surface area contributed by atoms with Crippen molar-refractivity contribution in [2.24, 2.45) is 0 Å². The summed E-state index contributed by atoms with van der Waals surface area (Å²) in [4.78, 5) is 10.9. The lowest BCUT2D eigenvalue weighted by Crippen LogP contribution is -2.07. The second-order valence-electron chi connectivity index (χ2n) is 18.6. The van der Waals surface area contributed by atoms with Crippen LogP contribution in [0.1, 0.15) is 241 Å². The number of carboxylic acids is 1. The van der Waals surface area contributed by atoms with Crippen molar-refractivity contribution in [1.82, 2.24) is 0 Å². The van der Waals surface area contributed by atoms with Gasteiger partial charge in [-0.1, -0.05) is 267 Å². The van der Waals surface area contributed by atoms with Gasteiger partial charge in [0.1, 0.15) is 0 Å². The topological polar surface area (TPSA) is 65.0 Å². The lowest BCUT2D eigenvalue weighted by atomic mass is 10.1. The van der Waals surface area contributed by atoms with Crippen molar-refractivity contribution in [3.63, 3.8) is 0 Å². The maximum atomic E-state index is 10.9. The number of carbonyl (C=O) groups is 1. The molecule has 0 spiro atoms. The molecule has 0 radical (unpaired) electrons. The zero-order valence-corrected chi connectivity index (χ0v) is 42.2. The Morgan fingerprint density at radius 1 is 0.364 bits per heavy atom. The van der Waals surface area contributed by atoms with E-state index >= 15 is 0 Å². The summed E-state index contributed by atoms with van der Waals surface area (Å²) in [6.45, 7) is 8.88. The Kier molecular flexibility index (Phi) is 33.0. The van der Waals surface area contributed by atoms with E-state index in [4.69, 9.17) is 19.3 Å². The highest BCUT2D eigenvalue weighted by molar-refractivity contribution is 5.85. The van der Waals surface area contributed by atoms with Crippen molar-refractivity contribution < 1.29 is 24.1 Å². The van der Waals surface area contributed by atoms with Crippen molar-refractivity contribution in [2.75, 3.05) is 19.8 Å². The van der Waals surface area contributed by atoms with Gasteiger partial charge in [-0.05, 0) is 65.3 Å². The number of hydrogen-bond acceptors (Lipinski definition) is 4. The van der Waals surface area contributed by atoms with Gasteiger partial charge in [-0.2, -0.15) is 0 Å². The minimum absolute atomic E-state index is 0.672. The normalized spacial score (nSPS) is 11.7. The molecule has 0 unspecified atom stereocenters. The van der Waals surface area contributed by atoms with Crippen LogP contribution in [-0.4, -0.2) is 30.9 Å². The smallest absolute Gasteiger partial charge is 0.328 e. The van der Waals surface area contributed by atoms with Gasteiger partial charge in [-0.25, -0.2) is 4.79 Å². The zero-order chi connectivity index (χ0) is 47.0. The molecule has 0 bridgehead atoms. The maximum absolute atomic E-state index is 10.9. The van der Waals surface area contributed by atoms with Crippen LogP contribution < -0.4 is 14.2 Å². The van der Waals surface area contributed by atoms with E-state index in [0.29, 0.717) is 19.8 Å². The van der Waals surface area contributed by atoms with Crippen LogP contribution in [0.5, 0.6) is 17.2 Å². The highest BCUT2D eigenvalue weighted by atomic mass is 16.5. The fourth-order valence-electron chi connectivity index (χ4n) is 8.35. The number of benzene rings is 3. The molecule has 66 heavy (non-hydrogen) atoms. The van der Waals surface area contributed by atoms with Gasteiger partial charge in [0.05, 0.1) is 19.8 Å². The Labute approximate surface area is 403 Å². The van der Waals surface area contributed by atoms with Crippen molar-refractivity contribution in [3.05, 3.63) is 94.6 Å². The van der Waals surface area contributed by atoms with E-state index in [9.17, 15) is 4.79 Å². The molecule has 0 atom stereocenters. The van der Waals surface area contributed by atoms with Crippen LogP contribution in [0, 0.1) is 0 Å². The molecule has 0 amide bonds. The number of ether oxygens (including phenoxy) is 3. The summed E-state index contributed by atoms with van der Waals surface area (Å²) in [5, 5.41) is 8.91. The molecule has 0 heterocycles. The van der Waals surface area contributed by atoms with Gasteiger partial charge in [-0.3, -0.25) is 0 Å². The number of hydrogen-bond donors (Lipinski definition) is 1. The third kappa shape index (κ3) is 28.0. The van der Waals surface area contributed by atoms with Gasteiger partial charge >= 0.3 is 5.97 Å². The highest BCUT2D eigenvalue weighted by Gasteiger charge is 2.16. The van der Waals surface area contributed by atoms with Crippen molar-refractivity contribution in [3.8, 4) is 17.2 Å². The molecule has 5 heteroatoms. The van der Waals surface area contributed by atoms with Crippen LogP contribution in [0.4, 0.5) is 0 Å². The van der Waals surface area contributed by atoms with Crippen LogP contribution in [0.15, 0.2) is 66.7 Å². The predicted molar refractivity (Wildman–Crippen MR) is 286 cm³/mol. The van der Waals surface area contributed by atoms with E-state index in [1.54, 1.807) is 6.08 Å². The third-order valence-corrected chi connectivity index (χ3v) is 12.5. The van der Waals surface area contributed by atoms with Gasteiger partial charge in [0.15, 0.2) is 11.5 Å². The molecule has 3 rings (SSSR count). The van der Waals surface area contributed by atoms with Crippen LogP contribution in [-0.2, 0) is 4.79 Å². The first-order chi connectivity index (χ1) is 32.5.